The number of nitrogens with zero attached hydrogens (tertiary/aromatic N) is 3. The second kappa shape index (κ2) is 12.2. The molecule has 2 saturated heterocycles. The number of hydrogen-bond donors (Lipinski definition) is 3. The number of ether oxygens (including phenoxy) is 1. The Kier molecular flexibility index (Phi) is 8.13. The zero-order chi connectivity index (χ0) is 30.8. The van der Waals surface area contributed by atoms with Gasteiger partial charge in [-0.2, -0.15) is 0 Å². The topological polar surface area (TPSA) is 116 Å². The summed E-state index contributed by atoms with van der Waals surface area (Å²) in [5.41, 5.74) is -1.61. The molecule has 3 fully saturated rings. The van der Waals surface area contributed by atoms with Crippen LogP contribution in [-0.2, 0) is 9.59 Å². The average molecular weight is 609 g/mol. The van der Waals surface area contributed by atoms with Gasteiger partial charge in [-0.05, 0) is 75.5 Å². The fourth-order valence-corrected chi connectivity index (χ4v) is 5.41. The maximum absolute atomic E-state index is 15.0. The molecule has 3 aliphatic rings. The maximum atomic E-state index is 15.0. The zero-order valence-corrected chi connectivity index (χ0v) is 23.7. The first kappa shape index (κ1) is 29.4. The summed E-state index contributed by atoms with van der Waals surface area (Å²) in [7, 11) is 0. The minimum atomic E-state index is -1.45. The van der Waals surface area contributed by atoms with E-state index in [9.17, 15) is 27.6 Å². The van der Waals surface area contributed by atoms with E-state index in [0.717, 1.165) is 38.1 Å². The minimum absolute atomic E-state index is 0.108. The summed E-state index contributed by atoms with van der Waals surface area (Å²) < 4.78 is 48.7. The third-order valence-corrected chi connectivity index (χ3v) is 8.34. The monoisotopic (exact) mass is 608 g/mol. The number of carbonyl (C=O) groups excluding carboxylic acids is 3. The van der Waals surface area contributed by atoms with Gasteiger partial charge in [0.05, 0.1) is 5.69 Å². The standard InChI is InChI=1S/C31H31F3N6O4/c32-19-2-4-20(5-3-19)36-28(41)31(9-10-31)29(42)37-25-17-24(34)26(18-23(25)33)44-22-6-11-35-27(16-22)38-30(43)40-14-7-21(8-15-40)39-12-1-13-39/h2-6,11,16-18,21H,1,7-10,12-15H2,(H,36,41)(H,37,42)(H,35,38,43). The predicted octanol–water partition coefficient (Wildman–Crippen LogP) is 5.35. The lowest BCUT2D eigenvalue weighted by atomic mass is 10.00. The van der Waals surface area contributed by atoms with Crippen LogP contribution in [-0.4, -0.2) is 64.9 Å². The molecule has 1 aromatic heterocycles. The van der Waals surface area contributed by atoms with Gasteiger partial charge in [0, 0.05) is 49.2 Å². The Morgan fingerprint density at radius 3 is 2.20 bits per heavy atom. The second-order valence-corrected chi connectivity index (χ2v) is 11.3. The number of halogens is 3. The molecular formula is C31H31F3N6O4. The molecule has 0 radical (unpaired) electrons. The van der Waals surface area contributed by atoms with Gasteiger partial charge >= 0.3 is 6.03 Å². The van der Waals surface area contributed by atoms with Crippen molar-refractivity contribution in [2.75, 3.05) is 42.1 Å². The Labute approximate surface area is 251 Å². The highest BCUT2D eigenvalue weighted by molar-refractivity contribution is 6.17. The molecular weight excluding hydrogens is 577 g/mol. The van der Waals surface area contributed by atoms with Gasteiger partial charge in [0.2, 0.25) is 11.8 Å². The van der Waals surface area contributed by atoms with Gasteiger partial charge in [-0.3, -0.25) is 14.9 Å². The quantitative estimate of drug-likeness (QED) is 0.297. The van der Waals surface area contributed by atoms with Crippen molar-refractivity contribution in [3.8, 4) is 11.5 Å². The molecule has 4 amide bonds. The lowest BCUT2D eigenvalue weighted by Gasteiger charge is -2.42. The molecule has 13 heteroatoms. The number of benzene rings is 2. The number of hydrogen-bond acceptors (Lipinski definition) is 6. The van der Waals surface area contributed by atoms with Crippen molar-refractivity contribution in [3.63, 3.8) is 0 Å². The van der Waals surface area contributed by atoms with E-state index in [1.807, 2.05) is 0 Å². The number of piperidine rings is 1. The molecule has 0 unspecified atom stereocenters. The lowest BCUT2D eigenvalue weighted by Crippen LogP contribution is -2.51. The number of anilines is 3. The fourth-order valence-electron chi connectivity index (χ4n) is 5.41. The third kappa shape index (κ3) is 6.32. The highest BCUT2D eigenvalue weighted by Crippen LogP contribution is 2.48. The molecule has 3 N–H and O–H groups in total. The smallest absolute Gasteiger partial charge is 0.323 e. The summed E-state index contributed by atoms with van der Waals surface area (Å²) >= 11 is 0. The van der Waals surface area contributed by atoms with Gasteiger partial charge in [0.1, 0.15) is 22.8 Å². The number of pyridine rings is 1. The van der Waals surface area contributed by atoms with Gasteiger partial charge in [-0.25, -0.2) is 22.9 Å². The lowest BCUT2D eigenvalue weighted by molar-refractivity contribution is -0.131. The molecule has 44 heavy (non-hydrogen) atoms. The van der Waals surface area contributed by atoms with Crippen LogP contribution in [0.1, 0.15) is 32.1 Å². The van der Waals surface area contributed by atoms with Crippen LogP contribution >= 0.6 is 0 Å². The van der Waals surface area contributed by atoms with E-state index in [1.54, 1.807) is 4.90 Å². The number of urea groups is 1. The fraction of sp³-hybridized carbons (Fsp3) is 0.355. The van der Waals surface area contributed by atoms with Crippen molar-refractivity contribution < 1.29 is 32.3 Å². The Bertz CT molecular complexity index is 1570. The molecule has 10 nitrogen and oxygen atoms in total. The minimum Gasteiger partial charge on any atom is -0.454 e. The number of amides is 4. The van der Waals surface area contributed by atoms with E-state index in [2.05, 4.69) is 25.8 Å². The summed E-state index contributed by atoms with van der Waals surface area (Å²) in [6.07, 6.45) is 4.86. The van der Waals surface area contributed by atoms with E-state index >= 15 is 0 Å². The Morgan fingerprint density at radius 2 is 1.55 bits per heavy atom. The van der Waals surface area contributed by atoms with Crippen LogP contribution in [0.25, 0.3) is 0 Å². The molecule has 0 spiro atoms. The molecule has 230 valence electrons. The largest absolute Gasteiger partial charge is 0.454 e. The van der Waals surface area contributed by atoms with Gasteiger partial charge in [-0.1, -0.05) is 0 Å². The molecule has 2 aliphatic heterocycles. The molecule has 1 saturated carbocycles. The second-order valence-electron chi connectivity index (χ2n) is 11.3. The van der Waals surface area contributed by atoms with Crippen LogP contribution in [0.15, 0.2) is 54.7 Å². The SMILES string of the molecule is O=C(Nc1cc(Oc2cc(F)c(NC(=O)C3(C(=O)Nc4ccc(F)cc4)CC3)cc2F)ccn1)N1CCC(N2CCC2)CC1. The van der Waals surface area contributed by atoms with Crippen molar-refractivity contribution in [1.29, 1.82) is 0 Å². The number of nitrogens with one attached hydrogen (secondary N) is 3. The number of carbonyl (C=O) groups is 3. The molecule has 1 aliphatic carbocycles. The zero-order valence-electron chi connectivity index (χ0n) is 23.7. The van der Waals surface area contributed by atoms with Gasteiger partial charge in [0.25, 0.3) is 0 Å². The summed E-state index contributed by atoms with van der Waals surface area (Å²) in [5.74, 6) is -3.99. The highest BCUT2D eigenvalue weighted by Gasteiger charge is 2.56. The summed E-state index contributed by atoms with van der Waals surface area (Å²) in [5, 5.41) is 7.59. The molecule has 0 atom stereocenters. The van der Waals surface area contributed by atoms with Crippen LogP contribution in [0.3, 0.4) is 0 Å². The first-order chi connectivity index (χ1) is 21.2. The van der Waals surface area contributed by atoms with Crippen LogP contribution in [0, 0.1) is 22.9 Å². The first-order valence-electron chi connectivity index (χ1n) is 14.5. The Morgan fingerprint density at radius 1 is 0.841 bits per heavy atom. The summed E-state index contributed by atoms with van der Waals surface area (Å²) in [6, 6.07) is 9.63. The van der Waals surface area contributed by atoms with Crippen LogP contribution < -0.4 is 20.7 Å². The van der Waals surface area contributed by atoms with E-state index in [0.29, 0.717) is 24.8 Å². The normalized spacial score (nSPS) is 17.8. The molecule has 3 heterocycles. The van der Waals surface area contributed by atoms with Gasteiger partial charge in [0.15, 0.2) is 17.4 Å². The van der Waals surface area contributed by atoms with E-state index < -0.39 is 46.1 Å². The van der Waals surface area contributed by atoms with E-state index in [1.165, 1.54) is 49.0 Å². The number of likely N-dealkylation sites (tertiary alicyclic amines) is 2. The molecule has 3 aromatic rings. The van der Waals surface area contributed by atoms with Crippen molar-refractivity contribution in [2.45, 2.75) is 38.1 Å². The summed E-state index contributed by atoms with van der Waals surface area (Å²) in [4.78, 5) is 46.8. The molecule has 2 aromatic carbocycles. The molecule has 0 bridgehead atoms. The molecule has 6 rings (SSSR count). The highest BCUT2D eigenvalue weighted by atomic mass is 19.1. The number of rotatable bonds is 8. The van der Waals surface area contributed by atoms with Gasteiger partial charge < -0.3 is 25.2 Å². The van der Waals surface area contributed by atoms with Crippen molar-refractivity contribution in [3.05, 3.63) is 72.2 Å². The number of aromatic nitrogens is 1. The van der Waals surface area contributed by atoms with Crippen molar-refractivity contribution in [2.24, 2.45) is 5.41 Å². The first-order valence-corrected chi connectivity index (χ1v) is 14.5. The van der Waals surface area contributed by atoms with Gasteiger partial charge in [-0.15, -0.1) is 0 Å². The predicted molar refractivity (Wildman–Crippen MR) is 156 cm³/mol. The Balaban J connectivity index is 1.06. The van der Waals surface area contributed by atoms with Crippen LogP contribution in [0.4, 0.5) is 35.2 Å². The average Bonchev–Trinajstić information content (AvgIpc) is 3.79. The van der Waals surface area contributed by atoms with E-state index in [4.69, 9.17) is 4.74 Å². The summed E-state index contributed by atoms with van der Waals surface area (Å²) in [6.45, 7) is 3.51. The third-order valence-electron chi connectivity index (χ3n) is 8.34. The van der Waals surface area contributed by atoms with Crippen LogP contribution in [0.5, 0.6) is 11.5 Å². The maximum Gasteiger partial charge on any atom is 0.323 e. The van der Waals surface area contributed by atoms with E-state index in [-0.39, 0.29) is 30.4 Å². The van der Waals surface area contributed by atoms with Crippen LogP contribution in [0.2, 0.25) is 0 Å². The Hall–Kier alpha value is -4.65. The van der Waals surface area contributed by atoms with Crippen molar-refractivity contribution in [1.82, 2.24) is 14.8 Å². The van der Waals surface area contributed by atoms with Crippen molar-refractivity contribution >= 4 is 35.0 Å².